The van der Waals surface area contributed by atoms with Crippen molar-refractivity contribution < 1.29 is 28.9 Å². The summed E-state index contributed by atoms with van der Waals surface area (Å²) < 4.78 is 17.0. The third-order valence-corrected chi connectivity index (χ3v) is 6.28. The van der Waals surface area contributed by atoms with Gasteiger partial charge in [-0.2, -0.15) is 0 Å². The number of nitrogens with zero attached hydrogens (tertiary/aromatic N) is 2. The van der Waals surface area contributed by atoms with Crippen LogP contribution < -0.4 is 14.2 Å². The fourth-order valence-electron chi connectivity index (χ4n) is 4.30. The highest BCUT2D eigenvalue weighted by Gasteiger charge is 2.46. The van der Waals surface area contributed by atoms with Crippen LogP contribution in [0, 0.1) is 0 Å². The molecule has 1 N–H and O–H groups in total. The topological polar surface area (TPSA) is 88.5 Å². The molecule has 37 heavy (non-hydrogen) atoms. The van der Waals surface area contributed by atoms with Crippen LogP contribution in [-0.4, -0.2) is 74.1 Å². The predicted octanol–water partition coefficient (Wildman–Crippen LogP) is 4.65. The molecule has 0 aromatic heterocycles. The normalized spacial score (nSPS) is 16.9. The highest BCUT2D eigenvalue weighted by Crippen LogP contribution is 2.42. The van der Waals surface area contributed by atoms with Crippen molar-refractivity contribution in [2.24, 2.45) is 0 Å². The lowest BCUT2D eigenvalue weighted by atomic mass is 9.95. The molecule has 1 unspecified atom stereocenters. The molecule has 0 radical (unpaired) electrons. The molecule has 3 rings (SSSR count). The molecule has 0 spiro atoms. The number of methoxy groups -OCH3 is 1. The van der Waals surface area contributed by atoms with Crippen molar-refractivity contribution in [3.63, 3.8) is 0 Å². The van der Waals surface area contributed by atoms with E-state index in [0.717, 1.165) is 19.3 Å². The maximum atomic E-state index is 13.2. The summed E-state index contributed by atoms with van der Waals surface area (Å²) in [6.45, 7) is 5.99. The van der Waals surface area contributed by atoms with Crippen LogP contribution in [0.3, 0.4) is 0 Å². The number of amides is 1. The standard InChI is InChI=1S/C29H38N2O6/c1-6-8-9-18-37-23-15-12-21(19-24(23)35-5)26-25(28(33)29(34)31(26)17-16-30(3)4)27(32)20-10-13-22(14-11-20)36-7-2/h10-15,19,26,32H,6-9,16-18H2,1-5H3. The first kappa shape index (κ1) is 28.1. The molecule has 1 amide bonds. The fraction of sp³-hybridized carbons (Fsp3) is 0.448. The van der Waals surface area contributed by atoms with Crippen LogP contribution in [0.5, 0.6) is 17.2 Å². The monoisotopic (exact) mass is 510 g/mol. The first-order valence-corrected chi connectivity index (χ1v) is 12.8. The minimum absolute atomic E-state index is 0.0478. The second-order valence-electron chi connectivity index (χ2n) is 9.22. The summed E-state index contributed by atoms with van der Waals surface area (Å²) in [6, 6.07) is 11.4. The molecule has 1 heterocycles. The molecule has 2 aromatic rings. The second kappa shape index (κ2) is 13.1. The van der Waals surface area contributed by atoms with Gasteiger partial charge in [0.05, 0.1) is 31.9 Å². The Labute approximate surface area is 219 Å². The second-order valence-corrected chi connectivity index (χ2v) is 9.22. The SMILES string of the molecule is CCCCCOc1ccc(C2C(=C(O)c3ccc(OCC)cc3)C(=O)C(=O)N2CCN(C)C)cc1OC. The molecule has 200 valence electrons. The number of rotatable bonds is 13. The number of ketones is 1. The molecule has 1 aliphatic rings. The van der Waals surface area contributed by atoms with E-state index in [1.165, 1.54) is 4.90 Å². The van der Waals surface area contributed by atoms with Gasteiger partial charge in [0.2, 0.25) is 0 Å². The van der Waals surface area contributed by atoms with Crippen molar-refractivity contribution >= 4 is 17.4 Å². The van der Waals surface area contributed by atoms with Crippen LogP contribution in [-0.2, 0) is 9.59 Å². The highest BCUT2D eigenvalue weighted by atomic mass is 16.5. The molecular formula is C29H38N2O6. The number of carbonyl (C=O) groups is 2. The van der Waals surface area contributed by atoms with E-state index in [-0.39, 0.29) is 11.3 Å². The maximum absolute atomic E-state index is 13.2. The van der Waals surface area contributed by atoms with Gasteiger partial charge in [-0.25, -0.2) is 0 Å². The van der Waals surface area contributed by atoms with Crippen LogP contribution in [0.1, 0.15) is 50.3 Å². The first-order chi connectivity index (χ1) is 17.8. The number of unbranched alkanes of at least 4 members (excludes halogenated alkanes) is 2. The van der Waals surface area contributed by atoms with Gasteiger partial charge >= 0.3 is 0 Å². The lowest BCUT2D eigenvalue weighted by Gasteiger charge is -2.27. The summed E-state index contributed by atoms with van der Waals surface area (Å²) >= 11 is 0. The number of ether oxygens (including phenoxy) is 3. The molecule has 2 aromatic carbocycles. The summed E-state index contributed by atoms with van der Waals surface area (Å²) in [5, 5.41) is 11.3. The van der Waals surface area contributed by atoms with Gasteiger partial charge in [0.25, 0.3) is 11.7 Å². The van der Waals surface area contributed by atoms with Crippen LogP contribution in [0.4, 0.5) is 0 Å². The molecule has 1 atom stereocenters. The molecule has 0 bridgehead atoms. The molecular weight excluding hydrogens is 472 g/mol. The quantitative estimate of drug-likeness (QED) is 0.182. The van der Waals surface area contributed by atoms with Gasteiger partial charge in [-0.1, -0.05) is 25.8 Å². The average Bonchev–Trinajstić information content (AvgIpc) is 3.15. The van der Waals surface area contributed by atoms with Crippen molar-refractivity contribution in [1.29, 1.82) is 0 Å². The van der Waals surface area contributed by atoms with Gasteiger partial charge in [-0.3, -0.25) is 9.59 Å². The lowest BCUT2D eigenvalue weighted by molar-refractivity contribution is -0.140. The number of carbonyl (C=O) groups excluding carboxylic acids is 2. The van der Waals surface area contributed by atoms with Crippen molar-refractivity contribution in [2.75, 3.05) is 47.5 Å². The van der Waals surface area contributed by atoms with E-state index in [1.807, 2.05) is 32.0 Å². The van der Waals surface area contributed by atoms with Gasteiger partial charge < -0.3 is 29.1 Å². The minimum Gasteiger partial charge on any atom is -0.507 e. The van der Waals surface area contributed by atoms with E-state index in [2.05, 4.69) is 6.92 Å². The zero-order chi connectivity index (χ0) is 26.9. The summed E-state index contributed by atoms with van der Waals surface area (Å²) in [4.78, 5) is 29.9. The van der Waals surface area contributed by atoms with E-state index in [1.54, 1.807) is 43.5 Å². The van der Waals surface area contributed by atoms with Crippen LogP contribution >= 0.6 is 0 Å². The van der Waals surface area contributed by atoms with Crippen LogP contribution in [0.2, 0.25) is 0 Å². The van der Waals surface area contributed by atoms with Gasteiger partial charge in [0.1, 0.15) is 11.5 Å². The molecule has 0 aliphatic carbocycles. The first-order valence-electron chi connectivity index (χ1n) is 12.8. The third kappa shape index (κ3) is 6.63. The number of hydrogen-bond acceptors (Lipinski definition) is 7. The molecule has 8 heteroatoms. The molecule has 1 fully saturated rings. The van der Waals surface area contributed by atoms with Gasteiger partial charge in [-0.05, 0) is 69.4 Å². The number of aliphatic hydroxyl groups is 1. The zero-order valence-corrected chi connectivity index (χ0v) is 22.5. The summed E-state index contributed by atoms with van der Waals surface area (Å²) in [7, 11) is 5.36. The summed E-state index contributed by atoms with van der Waals surface area (Å²) in [5.41, 5.74) is 1.14. The molecule has 0 saturated carbocycles. The van der Waals surface area contributed by atoms with E-state index in [0.29, 0.717) is 54.7 Å². The Bertz CT molecular complexity index is 1110. The third-order valence-electron chi connectivity index (χ3n) is 6.28. The largest absolute Gasteiger partial charge is 0.507 e. The van der Waals surface area contributed by atoms with Crippen molar-refractivity contribution in [3.8, 4) is 17.2 Å². The van der Waals surface area contributed by atoms with E-state index < -0.39 is 17.7 Å². The van der Waals surface area contributed by atoms with E-state index >= 15 is 0 Å². The Morgan fingerprint density at radius 3 is 2.35 bits per heavy atom. The number of likely N-dealkylation sites (tertiary alicyclic amines) is 1. The smallest absolute Gasteiger partial charge is 0.295 e. The van der Waals surface area contributed by atoms with Crippen molar-refractivity contribution in [1.82, 2.24) is 9.80 Å². The molecule has 1 saturated heterocycles. The molecule has 8 nitrogen and oxygen atoms in total. The number of aliphatic hydroxyl groups excluding tert-OH is 1. The number of Topliss-reactive ketones (excluding diaryl/α,β-unsaturated/α-hetero) is 1. The fourth-order valence-corrected chi connectivity index (χ4v) is 4.30. The minimum atomic E-state index is -0.769. The Kier molecular flexibility index (Phi) is 9.97. The van der Waals surface area contributed by atoms with Gasteiger partial charge in [0, 0.05) is 18.7 Å². The van der Waals surface area contributed by atoms with Crippen LogP contribution in [0.25, 0.3) is 5.76 Å². The Morgan fingerprint density at radius 1 is 1.00 bits per heavy atom. The summed E-state index contributed by atoms with van der Waals surface area (Å²) in [6.07, 6.45) is 3.11. The number of likely N-dealkylation sites (N-methyl/N-ethyl adjacent to an activating group) is 1. The highest BCUT2D eigenvalue weighted by molar-refractivity contribution is 6.46. The van der Waals surface area contributed by atoms with Crippen molar-refractivity contribution in [3.05, 3.63) is 59.2 Å². The Hall–Kier alpha value is -3.52. The average molecular weight is 511 g/mol. The van der Waals surface area contributed by atoms with Crippen molar-refractivity contribution in [2.45, 2.75) is 39.2 Å². The number of benzene rings is 2. The van der Waals surface area contributed by atoms with E-state index in [4.69, 9.17) is 14.2 Å². The maximum Gasteiger partial charge on any atom is 0.295 e. The van der Waals surface area contributed by atoms with Gasteiger partial charge in [0.15, 0.2) is 11.5 Å². The number of hydrogen-bond donors (Lipinski definition) is 1. The summed E-state index contributed by atoms with van der Waals surface area (Å²) in [5.74, 6) is 0.179. The predicted molar refractivity (Wildman–Crippen MR) is 143 cm³/mol. The van der Waals surface area contributed by atoms with Crippen LogP contribution in [0.15, 0.2) is 48.0 Å². The Balaban J connectivity index is 2.05. The lowest BCUT2D eigenvalue weighted by Crippen LogP contribution is -2.35. The zero-order valence-electron chi connectivity index (χ0n) is 22.5. The molecule has 1 aliphatic heterocycles. The van der Waals surface area contributed by atoms with Gasteiger partial charge in [-0.15, -0.1) is 0 Å². The Morgan fingerprint density at radius 2 is 1.73 bits per heavy atom. The van der Waals surface area contributed by atoms with E-state index in [9.17, 15) is 14.7 Å².